The molecular formula is C8H18O3. The minimum Gasteiger partial charge on any atom is -0.481 e. The summed E-state index contributed by atoms with van der Waals surface area (Å²) >= 11 is 0. The molecule has 0 spiro atoms. The molecule has 0 aromatic rings. The highest BCUT2D eigenvalue weighted by Gasteiger charge is 1.81. The Balaban J connectivity index is -0.0000000965. The topological polar surface area (TPSA) is 57.5 Å². The number of aliphatic hydroxyl groups is 1. The van der Waals surface area contributed by atoms with Crippen molar-refractivity contribution in [1.82, 2.24) is 0 Å². The lowest BCUT2D eigenvalue weighted by Crippen LogP contribution is -1.93. The van der Waals surface area contributed by atoms with Gasteiger partial charge in [-0.1, -0.05) is 6.92 Å². The Morgan fingerprint density at radius 3 is 1.64 bits per heavy atom. The Hall–Kier alpha value is -0.830. The van der Waals surface area contributed by atoms with Crippen LogP contribution in [0.3, 0.4) is 0 Å². The Morgan fingerprint density at radius 1 is 1.55 bits per heavy atom. The molecule has 0 aromatic heterocycles. The molecule has 11 heavy (non-hydrogen) atoms. The first-order valence-electron chi connectivity index (χ1n) is 3.38. The van der Waals surface area contributed by atoms with Crippen LogP contribution in [0.25, 0.3) is 0 Å². The fourth-order valence-corrected chi connectivity index (χ4v) is 0. The summed E-state index contributed by atoms with van der Waals surface area (Å²) < 4.78 is 0. The summed E-state index contributed by atoms with van der Waals surface area (Å²) in [6.07, 6.45) is 0.745. The molecule has 0 aromatic carbocycles. The van der Waals surface area contributed by atoms with Gasteiger partial charge in [0, 0.05) is 6.92 Å². The van der Waals surface area contributed by atoms with Gasteiger partial charge in [-0.05, 0) is 13.3 Å². The molecular weight excluding hydrogens is 144 g/mol. The molecule has 1 atom stereocenters. The van der Waals surface area contributed by atoms with E-state index in [0.717, 1.165) is 13.3 Å². The van der Waals surface area contributed by atoms with Gasteiger partial charge >= 0.3 is 0 Å². The normalized spacial score (nSPS) is 9.45. The van der Waals surface area contributed by atoms with Crippen molar-refractivity contribution in [2.75, 3.05) is 0 Å². The van der Waals surface area contributed by atoms with Crippen molar-refractivity contribution in [3.63, 3.8) is 0 Å². The third kappa shape index (κ3) is 344. The number of carbonyl (C=O) groups is 1. The number of rotatable bonds is 1. The molecule has 3 nitrogen and oxygen atoms in total. The van der Waals surface area contributed by atoms with Crippen LogP contribution in [0.15, 0.2) is 13.2 Å². The first-order valence-corrected chi connectivity index (χ1v) is 3.38. The Morgan fingerprint density at radius 2 is 1.64 bits per heavy atom. The number of aliphatic hydroxyl groups excluding tert-OH is 1. The molecule has 0 amide bonds. The minimum absolute atomic E-state index is 0.116. The molecule has 0 saturated heterocycles. The largest absolute Gasteiger partial charge is 0.481 e. The lowest BCUT2D eigenvalue weighted by molar-refractivity contribution is -0.134. The molecule has 3 heteroatoms. The quantitative estimate of drug-likeness (QED) is 0.576. The van der Waals surface area contributed by atoms with E-state index in [4.69, 9.17) is 15.0 Å². The van der Waals surface area contributed by atoms with Crippen LogP contribution in [0.5, 0.6) is 0 Å². The summed E-state index contributed by atoms with van der Waals surface area (Å²) in [6.45, 7) is 10.8. The minimum atomic E-state index is -0.833. The van der Waals surface area contributed by atoms with Crippen molar-refractivity contribution in [2.45, 2.75) is 33.3 Å². The van der Waals surface area contributed by atoms with E-state index in [1.807, 2.05) is 6.92 Å². The van der Waals surface area contributed by atoms with Gasteiger partial charge in [-0.25, -0.2) is 0 Å². The van der Waals surface area contributed by atoms with Gasteiger partial charge in [0.05, 0.1) is 6.10 Å². The average molecular weight is 162 g/mol. The lowest BCUT2D eigenvalue weighted by Gasteiger charge is -1.90. The van der Waals surface area contributed by atoms with Crippen molar-refractivity contribution in [3.8, 4) is 0 Å². The molecule has 0 fully saturated rings. The zero-order valence-electron chi connectivity index (χ0n) is 7.50. The van der Waals surface area contributed by atoms with Crippen LogP contribution in [-0.2, 0) is 4.79 Å². The van der Waals surface area contributed by atoms with Gasteiger partial charge in [0.2, 0.25) is 0 Å². The average Bonchev–Trinajstić information content (AvgIpc) is 1.91. The Labute approximate surface area is 68.4 Å². The smallest absolute Gasteiger partial charge is 0.300 e. The zero-order valence-corrected chi connectivity index (χ0v) is 7.50. The van der Waals surface area contributed by atoms with Gasteiger partial charge in [-0.2, -0.15) is 0 Å². The molecule has 0 aliphatic carbocycles. The first kappa shape index (κ1) is 16.6. The SMILES string of the molecule is C=C.CC(=O)O.CCC(C)O. The van der Waals surface area contributed by atoms with E-state index in [2.05, 4.69) is 13.2 Å². The maximum Gasteiger partial charge on any atom is 0.300 e. The highest BCUT2D eigenvalue weighted by molar-refractivity contribution is 5.62. The summed E-state index contributed by atoms with van der Waals surface area (Å²) in [7, 11) is 0. The monoisotopic (exact) mass is 162 g/mol. The summed E-state index contributed by atoms with van der Waals surface area (Å²) in [6, 6.07) is 0. The van der Waals surface area contributed by atoms with Gasteiger partial charge in [0.25, 0.3) is 5.97 Å². The molecule has 0 aliphatic rings. The third-order valence-electron chi connectivity index (χ3n) is 0.591. The van der Waals surface area contributed by atoms with Crippen molar-refractivity contribution in [2.24, 2.45) is 0 Å². The maximum absolute atomic E-state index is 9.00. The predicted molar refractivity (Wildman–Crippen MR) is 46.5 cm³/mol. The van der Waals surface area contributed by atoms with Crippen LogP contribution in [0.4, 0.5) is 0 Å². The van der Waals surface area contributed by atoms with Gasteiger partial charge in [0.15, 0.2) is 0 Å². The molecule has 0 radical (unpaired) electrons. The highest BCUT2D eigenvalue weighted by atomic mass is 16.4. The van der Waals surface area contributed by atoms with Gasteiger partial charge < -0.3 is 10.2 Å². The van der Waals surface area contributed by atoms with Crippen LogP contribution in [0, 0.1) is 0 Å². The predicted octanol–water partition coefficient (Wildman–Crippen LogP) is 1.67. The standard InChI is InChI=1S/C4H10O.C2H4O2.C2H4/c1-3-4(2)5;1-2(3)4;1-2/h4-5H,3H2,1-2H3;1H3,(H,3,4);1-2H2. The van der Waals surface area contributed by atoms with E-state index in [1.54, 1.807) is 6.92 Å². The van der Waals surface area contributed by atoms with Crippen LogP contribution >= 0.6 is 0 Å². The van der Waals surface area contributed by atoms with E-state index >= 15 is 0 Å². The second-order valence-electron chi connectivity index (χ2n) is 1.78. The molecule has 0 bridgehead atoms. The molecule has 0 aliphatic heterocycles. The summed E-state index contributed by atoms with van der Waals surface area (Å²) in [5.41, 5.74) is 0. The van der Waals surface area contributed by atoms with Gasteiger partial charge in [0.1, 0.15) is 0 Å². The van der Waals surface area contributed by atoms with Crippen molar-refractivity contribution in [1.29, 1.82) is 0 Å². The van der Waals surface area contributed by atoms with Crippen LogP contribution in [0.2, 0.25) is 0 Å². The van der Waals surface area contributed by atoms with Crippen LogP contribution in [-0.4, -0.2) is 22.3 Å². The highest BCUT2D eigenvalue weighted by Crippen LogP contribution is 1.81. The first-order chi connectivity index (χ1) is 5.00. The van der Waals surface area contributed by atoms with Crippen molar-refractivity contribution >= 4 is 5.97 Å². The lowest BCUT2D eigenvalue weighted by atomic mass is 10.3. The van der Waals surface area contributed by atoms with Crippen molar-refractivity contribution < 1.29 is 15.0 Å². The van der Waals surface area contributed by atoms with Gasteiger partial charge in [-0.3, -0.25) is 4.79 Å². The van der Waals surface area contributed by atoms with Crippen LogP contribution in [0.1, 0.15) is 27.2 Å². The second-order valence-corrected chi connectivity index (χ2v) is 1.78. The number of carboxylic acids is 1. The van der Waals surface area contributed by atoms with E-state index in [0.29, 0.717) is 0 Å². The van der Waals surface area contributed by atoms with E-state index in [9.17, 15) is 0 Å². The molecule has 0 saturated carbocycles. The summed E-state index contributed by atoms with van der Waals surface area (Å²) in [5, 5.41) is 15.8. The molecule has 0 rings (SSSR count). The molecule has 68 valence electrons. The number of carboxylic acid groups (broad SMARTS) is 1. The zero-order chi connectivity index (χ0) is 9.86. The fraction of sp³-hybridized carbons (Fsp3) is 0.625. The second kappa shape index (κ2) is 16.1. The summed E-state index contributed by atoms with van der Waals surface area (Å²) in [5.74, 6) is -0.833. The Bertz CT molecular complexity index is 75.4. The maximum atomic E-state index is 9.00. The molecule has 1 unspecified atom stereocenters. The summed E-state index contributed by atoms with van der Waals surface area (Å²) in [4.78, 5) is 9.00. The molecule has 2 N–H and O–H groups in total. The van der Waals surface area contributed by atoms with E-state index < -0.39 is 5.97 Å². The van der Waals surface area contributed by atoms with Crippen LogP contribution < -0.4 is 0 Å². The number of aliphatic carboxylic acids is 1. The fourth-order valence-electron chi connectivity index (χ4n) is 0. The van der Waals surface area contributed by atoms with Crippen molar-refractivity contribution in [3.05, 3.63) is 13.2 Å². The van der Waals surface area contributed by atoms with E-state index in [-0.39, 0.29) is 6.10 Å². The Kier molecular flexibility index (Phi) is 24.3. The van der Waals surface area contributed by atoms with E-state index in [1.165, 1.54) is 0 Å². The van der Waals surface area contributed by atoms with Gasteiger partial charge in [-0.15, -0.1) is 13.2 Å². The third-order valence-corrected chi connectivity index (χ3v) is 0.591. The molecule has 0 heterocycles. The number of hydrogen-bond acceptors (Lipinski definition) is 2. The number of hydrogen-bond donors (Lipinski definition) is 2.